The Morgan fingerprint density at radius 1 is 1.24 bits per heavy atom. The zero-order valence-corrected chi connectivity index (χ0v) is 16.9. The predicted molar refractivity (Wildman–Crippen MR) is 108 cm³/mol. The number of amides is 2. The molecule has 7 nitrogen and oxygen atoms in total. The molecule has 1 aliphatic carbocycles. The van der Waals surface area contributed by atoms with Crippen LogP contribution in [-0.4, -0.2) is 54.5 Å². The average Bonchev–Trinajstić information content (AvgIpc) is 3.59. The molecule has 1 saturated carbocycles. The molecule has 0 unspecified atom stereocenters. The molecule has 0 aromatic heterocycles. The number of likely N-dealkylation sites (tertiary alicyclic amines) is 1. The van der Waals surface area contributed by atoms with Crippen LogP contribution in [-0.2, 0) is 9.59 Å². The third-order valence-electron chi connectivity index (χ3n) is 6.16. The fourth-order valence-corrected chi connectivity index (χ4v) is 4.29. The van der Waals surface area contributed by atoms with Gasteiger partial charge in [0, 0.05) is 13.1 Å². The maximum Gasteiger partial charge on any atom is 0.265 e. The molecule has 1 N–H and O–H groups in total. The van der Waals surface area contributed by atoms with Gasteiger partial charge in [-0.3, -0.25) is 9.59 Å². The van der Waals surface area contributed by atoms with Crippen molar-refractivity contribution < 1.29 is 14.3 Å². The molecule has 3 aliphatic rings. The van der Waals surface area contributed by atoms with E-state index in [0.717, 1.165) is 50.9 Å². The van der Waals surface area contributed by atoms with Crippen molar-refractivity contribution >= 4 is 17.5 Å². The lowest BCUT2D eigenvalue weighted by Gasteiger charge is -2.38. The van der Waals surface area contributed by atoms with Gasteiger partial charge in [-0.25, -0.2) is 0 Å². The van der Waals surface area contributed by atoms with E-state index in [1.165, 1.54) is 0 Å². The first-order chi connectivity index (χ1) is 14.0. The topological polar surface area (TPSA) is 85.7 Å². The minimum absolute atomic E-state index is 0.00976. The fraction of sp³-hybridized carbons (Fsp3) is 0.591. The van der Waals surface area contributed by atoms with E-state index in [1.807, 2.05) is 34.1 Å². The number of hydrogen-bond donors (Lipinski definition) is 1. The van der Waals surface area contributed by atoms with E-state index in [4.69, 9.17) is 4.74 Å². The van der Waals surface area contributed by atoms with Crippen LogP contribution in [0.3, 0.4) is 0 Å². The van der Waals surface area contributed by atoms with Gasteiger partial charge in [-0.05, 0) is 57.1 Å². The fourth-order valence-electron chi connectivity index (χ4n) is 4.29. The third kappa shape index (κ3) is 4.16. The summed E-state index contributed by atoms with van der Waals surface area (Å²) in [5.74, 6) is 0.625. The highest BCUT2D eigenvalue weighted by molar-refractivity contribution is 5.86. The summed E-state index contributed by atoms with van der Waals surface area (Å²) in [6.45, 7) is 3.74. The molecule has 0 spiro atoms. The number of benzene rings is 1. The number of anilines is 1. The Labute approximate surface area is 171 Å². The van der Waals surface area contributed by atoms with Gasteiger partial charge in [0.2, 0.25) is 5.91 Å². The Balaban J connectivity index is 1.48. The second kappa shape index (κ2) is 7.94. The Morgan fingerprint density at radius 3 is 2.66 bits per heavy atom. The number of nitriles is 1. The minimum atomic E-state index is -0.827. The maximum absolute atomic E-state index is 13.0. The van der Waals surface area contributed by atoms with Gasteiger partial charge in [0.1, 0.15) is 11.3 Å². The molecular weight excluding hydrogens is 368 g/mol. The summed E-state index contributed by atoms with van der Waals surface area (Å²) in [7, 11) is 0. The molecule has 4 rings (SSSR count). The highest BCUT2D eigenvalue weighted by atomic mass is 16.5. The van der Waals surface area contributed by atoms with Crippen molar-refractivity contribution in [1.29, 1.82) is 5.26 Å². The smallest absolute Gasteiger partial charge is 0.265 e. The molecule has 2 heterocycles. The summed E-state index contributed by atoms with van der Waals surface area (Å²) in [5, 5.41) is 12.4. The average molecular weight is 396 g/mol. The van der Waals surface area contributed by atoms with Crippen molar-refractivity contribution in [2.75, 3.05) is 31.1 Å². The van der Waals surface area contributed by atoms with Crippen LogP contribution >= 0.6 is 0 Å². The van der Waals surface area contributed by atoms with Gasteiger partial charge in [-0.2, -0.15) is 5.26 Å². The van der Waals surface area contributed by atoms with Gasteiger partial charge in [-0.1, -0.05) is 12.1 Å². The van der Waals surface area contributed by atoms with E-state index < -0.39 is 11.6 Å². The van der Waals surface area contributed by atoms with E-state index in [9.17, 15) is 14.9 Å². The Hall–Kier alpha value is -2.75. The molecule has 2 aliphatic heterocycles. The monoisotopic (exact) mass is 396 g/mol. The molecule has 2 fully saturated rings. The van der Waals surface area contributed by atoms with Crippen LogP contribution in [0.1, 0.15) is 39.0 Å². The summed E-state index contributed by atoms with van der Waals surface area (Å²) in [6.07, 6.45) is 4.52. The summed E-state index contributed by atoms with van der Waals surface area (Å²) in [6, 6.07) is 9.75. The zero-order valence-electron chi connectivity index (χ0n) is 16.9. The molecule has 2 amide bonds. The Kier molecular flexibility index (Phi) is 5.35. The standard InChI is InChI=1S/C22H28N4O3/c1-22(15-23,16-9-10-16)24-20(27)14-26-13-19(21(28)25-11-5-2-6-12-25)29-18-8-4-3-7-17(18)26/h3-4,7-8,16,19H,2,5-6,9-14H2,1H3,(H,24,27)/t19-,22-/m1/s1. The first-order valence-electron chi connectivity index (χ1n) is 10.5. The van der Waals surface area contributed by atoms with E-state index in [1.54, 1.807) is 6.92 Å². The Morgan fingerprint density at radius 2 is 1.97 bits per heavy atom. The summed E-state index contributed by atoms with van der Waals surface area (Å²) >= 11 is 0. The second-order valence-corrected chi connectivity index (χ2v) is 8.48. The highest BCUT2D eigenvalue weighted by Gasteiger charge is 2.43. The number of piperidine rings is 1. The van der Waals surface area contributed by atoms with Gasteiger partial charge in [0.05, 0.1) is 24.8 Å². The number of nitrogens with zero attached hydrogens (tertiary/aromatic N) is 3. The van der Waals surface area contributed by atoms with Gasteiger partial charge >= 0.3 is 0 Å². The van der Waals surface area contributed by atoms with Crippen LogP contribution in [0, 0.1) is 17.2 Å². The van der Waals surface area contributed by atoms with Crippen LogP contribution in [0.5, 0.6) is 5.75 Å². The number of carbonyl (C=O) groups excluding carboxylic acids is 2. The summed E-state index contributed by atoms with van der Waals surface area (Å²) in [4.78, 5) is 29.5. The maximum atomic E-state index is 13.0. The van der Waals surface area contributed by atoms with Gasteiger partial charge in [0.15, 0.2) is 6.10 Å². The molecule has 2 atom stereocenters. The van der Waals surface area contributed by atoms with E-state index >= 15 is 0 Å². The quantitative estimate of drug-likeness (QED) is 0.824. The highest BCUT2D eigenvalue weighted by Crippen LogP contribution is 2.39. The molecule has 1 saturated heterocycles. The van der Waals surface area contributed by atoms with Crippen molar-refractivity contribution in [2.24, 2.45) is 5.92 Å². The number of hydrogen-bond acceptors (Lipinski definition) is 5. The molecular formula is C22H28N4O3. The summed E-state index contributed by atoms with van der Waals surface area (Å²) < 4.78 is 6.01. The normalized spacial score (nSPS) is 23.2. The largest absolute Gasteiger partial charge is 0.477 e. The first kappa shape index (κ1) is 19.6. The number of para-hydroxylation sites is 2. The predicted octanol–water partition coefficient (Wildman–Crippen LogP) is 2.07. The molecule has 154 valence electrons. The van der Waals surface area contributed by atoms with E-state index in [-0.39, 0.29) is 24.3 Å². The molecule has 0 radical (unpaired) electrons. The number of nitrogens with one attached hydrogen (secondary N) is 1. The lowest BCUT2D eigenvalue weighted by atomic mass is 9.98. The van der Waals surface area contributed by atoms with Gasteiger partial charge in [0.25, 0.3) is 5.91 Å². The van der Waals surface area contributed by atoms with Crippen molar-refractivity contribution in [2.45, 2.75) is 50.7 Å². The molecule has 0 bridgehead atoms. The van der Waals surface area contributed by atoms with Gasteiger partial charge in [-0.15, -0.1) is 0 Å². The van der Waals surface area contributed by atoms with Crippen molar-refractivity contribution in [1.82, 2.24) is 10.2 Å². The van der Waals surface area contributed by atoms with E-state index in [0.29, 0.717) is 12.3 Å². The van der Waals surface area contributed by atoms with Crippen LogP contribution in [0.15, 0.2) is 24.3 Å². The molecule has 29 heavy (non-hydrogen) atoms. The van der Waals surface area contributed by atoms with Gasteiger partial charge < -0.3 is 19.9 Å². The molecule has 1 aromatic rings. The zero-order chi connectivity index (χ0) is 20.4. The lowest BCUT2D eigenvalue weighted by molar-refractivity contribution is -0.139. The molecule has 1 aromatic carbocycles. The first-order valence-corrected chi connectivity index (χ1v) is 10.5. The minimum Gasteiger partial charge on any atom is -0.477 e. The van der Waals surface area contributed by atoms with Crippen molar-refractivity contribution in [3.63, 3.8) is 0 Å². The number of carbonyl (C=O) groups is 2. The van der Waals surface area contributed by atoms with Crippen molar-refractivity contribution in [3.05, 3.63) is 24.3 Å². The lowest BCUT2D eigenvalue weighted by Crippen LogP contribution is -2.55. The van der Waals surface area contributed by atoms with Crippen LogP contribution in [0.4, 0.5) is 5.69 Å². The number of ether oxygens (including phenoxy) is 1. The third-order valence-corrected chi connectivity index (χ3v) is 6.16. The number of fused-ring (bicyclic) bond motifs is 1. The summed E-state index contributed by atoms with van der Waals surface area (Å²) in [5.41, 5.74) is -0.0261. The molecule has 7 heteroatoms. The second-order valence-electron chi connectivity index (χ2n) is 8.48. The van der Waals surface area contributed by atoms with Crippen LogP contribution in [0.25, 0.3) is 0 Å². The van der Waals surface area contributed by atoms with E-state index in [2.05, 4.69) is 11.4 Å². The van der Waals surface area contributed by atoms with Crippen LogP contribution in [0.2, 0.25) is 0 Å². The number of rotatable bonds is 5. The van der Waals surface area contributed by atoms with Crippen LogP contribution < -0.4 is 15.0 Å². The van der Waals surface area contributed by atoms with Crippen molar-refractivity contribution in [3.8, 4) is 11.8 Å². The Bertz CT molecular complexity index is 826. The SMILES string of the molecule is C[C@](C#N)(NC(=O)CN1C[C@H](C(=O)N2CCCCC2)Oc2ccccc21)C1CC1.